The summed E-state index contributed by atoms with van der Waals surface area (Å²) in [5.41, 5.74) is 7.58. The van der Waals surface area contributed by atoms with Gasteiger partial charge in [0.1, 0.15) is 0 Å². The molecule has 1 saturated carbocycles. The third kappa shape index (κ3) is 2.28. The van der Waals surface area contributed by atoms with Crippen molar-refractivity contribution in [3.63, 3.8) is 0 Å². The van der Waals surface area contributed by atoms with Gasteiger partial charge in [0.2, 0.25) is 0 Å². The van der Waals surface area contributed by atoms with Gasteiger partial charge in [-0.3, -0.25) is 14.7 Å². The van der Waals surface area contributed by atoms with Gasteiger partial charge >= 0.3 is 0 Å². The van der Waals surface area contributed by atoms with Gasteiger partial charge in [-0.2, -0.15) is 0 Å². The van der Waals surface area contributed by atoms with Gasteiger partial charge in [0, 0.05) is 36.8 Å². The lowest BCUT2D eigenvalue weighted by Crippen LogP contribution is -2.74. The van der Waals surface area contributed by atoms with Gasteiger partial charge in [0.05, 0.1) is 26.3 Å². The third-order valence-corrected chi connectivity index (χ3v) is 7.34. The number of aromatic nitrogens is 1. The lowest BCUT2D eigenvalue weighted by molar-refractivity contribution is -0.0725. The molecule has 2 aromatic heterocycles. The highest BCUT2D eigenvalue weighted by molar-refractivity contribution is 7.17. The topological polar surface area (TPSA) is 62.5 Å². The molecule has 132 valence electrons. The van der Waals surface area contributed by atoms with Crippen LogP contribution in [0.15, 0.2) is 17.6 Å². The Bertz CT molecular complexity index is 847. The lowest BCUT2D eigenvalue weighted by atomic mass is 9.65. The number of carbonyl (C=O) groups is 1. The van der Waals surface area contributed by atoms with Crippen molar-refractivity contribution < 1.29 is 4.79 Å². The summed E-state index contributed by atoms with van der Waals surface area (Å²) in [6.45, 7) is 2.91. The third-order valence-electron chi connectivity index (χ3n) is 6.22. The molecule has 5 nitrogen and oxygen atoms in total. The maximum Gasteiger partial charge on any atom is 0.257 e. The molecule has 5 rings (SSSR count). The molecule has 0 aromatic carbocycles. The molecule has 3 aliphatic rings. The molecular weight excluding hydrogens is 356 g/mol. The smallest absolute Gasteiger partial charge is 0.257 e. The van der Waals surface area contributed by atoms with Crippen LogP contribution in [-0.2, 0) is 0 Å². The summed E-state index contributed by atoms with van der Waals surface area (Å²) >= 11 is 7.58. The van der Waals surface area contributed by atoms with E-state index in [4.69, 9.17) is 17.3 Å². The molecule has 1 unspecified atom stereocenters. The zero-order chi connectivity index (χ0) is 17.2. The molecule has 1 aliphatic carbocycles. The van der Waals surface area contributed by atoms with E-state index in [0.717, 1.165) is 42.7 Å². The first kappa shape index (κ1) is 16.0. The SMILES string of the molecule is NC1CC2(C1)C1CCCN1CCN2C(=O)c1csc2cc(Cl)cnc12. The van der Waals surface area contributed by atoms with Gasteiger partial charge in [0.15, 0.2) is 0 Å². The van der Waals surface area contributed by atoms with Crippen LogP contribution in [-0.4, -0.2) is 57.9 Å². The quantitative estimate of drug-likeness (QED) is 0.831. The van der Waals surface area contributed by atoms with E-state index in [1.807, 2.05) is 11.4 Å². The number of pyridine rings is 1. The van der Waals surface area contributed by atoms with Crippen molar-refractivity contribution in [1.29, 1.82) is 0 Å². The Labute approximate surface area is 155 Å². The molecular formula is C18H21ClN4OS. The summed E-state index contributed by atoms with van der Waals surface area (Å²) in [7, 11) is 0. The van der Waals surface area contributed by atoms with Crippen LogP contribution in [0.1, 0.15) is 36.0 Å². The fourth-order valence-electron chi connectivity index (χ4n) is 5.17. The predicted octanol–water partition coefficient (Wildman–Crippen LogP) is 2.73. The number of thiophene rings is 1. The molecule has 2 N–H and O–H groups in total. The number of hydrogen-bond acceptors (Lipinski definition) is 5. The minimum Gasteiger partial charge on any atom is -0.330 e. The van der Waals surface area contributed by atoms with Crippen molar-refractivity contribution in [2.24, 2.45) is 5.73 Å². The van der Waals surface area contributed by atoms with Crippen molar-refractivity contribution in [1.82, 2.24) is 14.8 Å². The number of amides is 1. The number of carbonyl (C=O) groups excluding carboxylic acids is 1. The van der Waals surface area contributed by atoms with E-state index in [2.05, 4.69) is 14.8 Å². The van der Waals surface area contributed by atoms with E-state index >= 15 is 0 Å². The summed E-state index contributed by atoms with van der Waals surface area (Å²) in [5, 5.41) is 2.54. The number of rotatable bonds is 1. The van der Waals surface area contributed by atoms with Crippen molar-refractivity contribution in [3.05, 3.63) is 28.2 Å². The summed E-state index contributed by atoms with van der Waals surface area (Å²) in [6.07, 6.45) is 5.86. The highest BCUT2D eigenvalue weighted by Crippen LogP contribution is 2.48. The maximum absolute atomic E-state index is 13.5. The van der Waals surface area contributed by atoms with Gasteiger partial charge in [-0.25, -0.2) is 0 Å². The number of nitrogens with zero attached hydrogens (tertiary/aromatic N) is 3. The van der Waals surface area contributed by atoms with Crippen LogP contribution in [0.25, 0.3) is 10.2 Å². The van der Waals surface area contributed by atoms with Crippen molar-refractivity contribution in [2.75, 3.05) is 19.6 Å². The molecule has 2 aliphatic heterocycles. The number of halogens is 1. The van der Waals surface area contributed by atoms with Crippen molar-refractivity contribution in [2.45, 2.75) is 43.3 Å². The average molecular weight is 377 g/mol. The first-order chi connectivity index (χ1) is 12.1. The maximum atomic E-state index is 13.5. The Morgan fingerprint density at radius 1 is 1.36 bits per heavy atom. The van der Waals surface area contributed by atoms with Gasteiger partial charge in [-0.1, -0.05) is 11.6 Å². The van der Waals surface area contributed by atoms with Crippen LogP contribution in [0.2, 0.25) is 5.02 Å². The predicted molar refractivity (Wildman–Crippen MR) is 100 cm³/mol. The number of piperazine rings is 1. The van der Waals surface area contributed by atoms with E-state index in [9.17, 15) is 4.79 Å². The molecule has 2 saturated heterocycles. The Hall–Kier alpha value is -1.21. The van der Waals surface area contributed by atoms with E-state index in [-0.39, 0.29) is 17.5 Å². The lowest BCUT2D eigenvalue weighted by Gasteiger charge is -2.61. The van der Waals surface area contributed by atoms with Gasteiger partial charge in [-0.05, 0) is 38.3 Å². The highest BCUT2D eigenvalue weighted by Gasteiger charge is 2.58. The summed E-state index contributed by atoms with van der Waals surface area (Å²) in [6, 6.07) is 2.57. The first-order valence-corrected chi connectivity index (χ1v) is 10.2. The normalized spacial score (nSPS) is 32.2. The van der Waals surface area contributed by atoms with Crippen LogP contribution in [0.3, 0.4) is 0 Å². The second-order valence-corrected chi connectivity index (χ2v) is 8.92. The summed E-state index contributed by atoms with van der Waals surface area (Å²) in [4.78, 5) is 22.6. The molecule has 0 radical (unpaired) electrons. The number of fused-ring (bicyclic) bond motifs is 3. The zero-order valence-corrected chi connectivity index (χ0v) is 15.5. The fraction of sp³-hybridized carbons (Fsp3) is 0.556. The molecule has 4 heterocycles. The average Bonchev–Trinajstić information content (AvgIpc) is 3.19. The Morgan fingerprint density at radius 3 is 3.00 bits per heavy atom. The largest absolute Gasteiger partial charge is 0.330 e. The summed E-state index contributed by atoms with van der Waals surface area (Å²) in [5.74, 6) is 0.111. The minimum atomic E-state index is -0.0774. The second kappa shape index (κ2) is 5.64. The molecule has 1 atom stereocenters. The van der Waals surface area contributed by atoms with Gasteiger partial charge in [-0.15, -0.1) is 11.3 Å². The Kier molecular flexibility index (Phi) is 3.61. The Balaban J connectivity index is 1.53. The fourth-order valence-corrected chi connectivity index (χ4v) is 6.32. The molecule has 3 fully saturated rings. The summed E-state index contributed by atoms with van der Waals surface area (Å²) < 4.78 is 0.967. The second-order valence-electron chi connectivity index (χ2n) is 7.57. The van der Waals surface area contributed by atoms with Crippen LogP contribution >= 0.6 is 22.9 Å². The molecule has 0 bridgehead atoms. The van der Waals surface area contributed by atoms with Crippen LogP contribution in [0, 0.1) is 0 Å². The van der Waals surface area contributed by atoms with E-state index < -0.39 is 0 Å². The zero-order valence-electron chi connectivity index (χ0n) is 13.9. The van der Waals surface area contributed by atoms with E-state index in [1.165, 1.54) is 24.2 Å². The molecule has 2 aromatic rings. The minimum absolute atomic E-state index is 0.0774. The van der Waals surface area contributed by atoms with Crippen molar-refractivity contribution in [3.8, 4) is 0 Å². The van der Waals surface area contributed by atoms with Crippen LogP contribution in [0.4, 0.5) is 0 Å². The van der Waals surface area contributed by atoms with Crippen LogP contribution in [0.5, 0.6) is 0 Å². The van der Waals surface area contributed by atoms with Gasteiger partial charge in [0.25, 0.3) is 5.91 Å². The highest BCUT2D eigenvalue weighted by atomic mass is 35.5. The van der Waals surface area contributed by atoms with E-state index in [1.54, 1.807) is 6.20 Å². The molecule has 1 spiro atoms. The number of hydrogen-bond donors (Lipinski definition) is 1. The van der Waals surface area contributed by atoms with Gasteiger partial charge < -0.3 is 10.6 Å². The monoisotopic (exact) mass is 376 g/mol. The van der Waals surface area contributed by atoms with Crippen molar-refractivity contribution >= 4 is 39.1 Å². The molecule has 7 heteroatoms. The Morgan fingerprint density at radius 2 is 2.20 bits per heavy atom. The standard InChI is InChI=1S/C18H21ClN4OS/c19-11-6-14-16(21-9-11)13(10-25-14)17(24)23-5-4-22-3-1-2-15(22)18(23)7-12(20)8-18/h6,9-10,12,15H,1-5,7-8,20H2. The molecule has 1 amide bonds. The first-order valence-electron chi connectivity index (χ1n) is 8.93. The van der Waals surface area contributed by atoms with Crippen LogP contribution < -0.4 is 5.73 Å². The number of nitrogens with two attached hydrogens (primary N) is 1. The molecule has 25 heavy (non-hydrogen) atoms. The van der Waals surface area contributed by atoms with E-state index in [0.29, 0.717) is 16.6 Å².